The number of rotatable bonds is 18. The highest BCUT2D eigenvalue weighted by Crippen LogP contribution is 2.33. The molecule has 1 aliphatic heterocycles. The summed E-state index contributed by atoms with van der Waals surface area (Å²) in [6.07, 6.45) is 12.3. The van der Waals surface area contributed by atoms with E-state index in [1.54, 1.807) is 34.8 Å². The van der Waals surface area contributed by atoms with E-state index in [1.165, 1.54) is 15.6 Å². The highest BCUT2D eigenvalue weighted by molar-refractivity contribution is 7.51. The third-order valence-electron chi connectivity index (χ3n) is 8.21. The summed E-state index contributed by atoms with van der Waals surface area (Å²) >= 11 is 28.8. The normalized spacial score (nSPS) is 11.5. The van der Waals surface area contributed by atoms with Gasteiger partial charge in [0.05, 0.1) is 34.3 Å². The van der Waals surface area contributed by atoms with Gasteiger partial charge >= 0.3 is 19.3 Å². The quantitative estimate of drug-likeness (QED) is 0.0356. The topological polar surface area (TPSA) is 206 Å². The number of anilines is 1. The molecule has 0 fully saturated rings. The number of para-hydroxylation sites is 1. The molecule has 22 heteroatoms. The monoisotopic (exact) mass is 982 g/mol. The Bertz CT molecular complexity index is 2070. The van der Waals surface area contributed by atoms with Crippen molar-refractivity contribution < 1.29 is 43.3 Å². The van der Waals surface area contributed by atoms with E-state index < -0.39 is 31.2 Å². The van der Waals surface area contributed by atoms with Gasteiger partial charge in [0.1, 0.15) is 30.8 Å². The smallest absolute Gasteiger partial charge is 0.350 e. The lowest BCUT2D eigenvalue weighted by molar-refractivity contribution is -0.136. The van der Waals surface area contributed by atoms with Crippen molar-refractivity contribution in [3.05, 3.63) is 93.1 Å². The number of hydrogen-bond acceptors (Lipinski definition) is 9. The van der Waals surface area contributed by atoms with E-state index in [9.17, 15) is 23.7 Å². The molecule has 1 aliphatic rings. The number of carboxylic acid groups (broad SMARTS) is 1. The molecule has 2 heterocycles. The fraction of sp³-hybridized carbons (Fsp3) is 0.425. The van der Waals surface area contributed by atoms with Gasteiger partial charge in [-0.1, -0.05) is 96.5 Å². The highest BCUT2D eigenvalue weighted by Gasteiger charge is 2.22. The van der Waals surface area contributed by atoms with Gasteiger partial charge in [0.25, 0.3) is 5.91 Å². The lowest BCUT2D eigenvalue weighted by atomic mass is 10.0. The number of methoxy groups -OCH3 is 1. The van der Waals surface area contributed by atoms with Gasteiger partial charge in [-0.15, -0.1) is 36.3 Å². The number of aliphatic carboxylic acids is 1. The third-order valence-corrected chi connectivity index (χ3v) is 10.0. The van der Waals surface area contributed by atoms with E-state index in [4.69, 9.17) is 88.8 Å². The fourth-order valence-electron chi connectivity index (χ4n) is 5.50. The number of nitrogens with one attached hydrogen (secondary N) is 1. The molecule has 0 bridgehead atoms. The van der Waals surface area contributed by atoms with Gasteiger partial charge in [0, 0.05) is 39.2 Å². The van der Waals surface area contributed by atoms with Crippen LogP contribution in [0.15, 0.2) is 60.4 Å². The Morgan fingerprint density at radius 1 is 1.08 bits per heavy atom. The van der Waals surface area contributed by atoms with Crippen LogP contribution in [0, 0.1) is 12.3 Å². The van der Waals surface area contributed by atoms with Crippen LogP contribution in [0.1, 0.15) is 43.6 Å². The Morgan fingerprint density at radius 3 is 2.16 bits per heavy atom. The Hall–Kier alpha value is -3.85. The SMILES string of the molecule is C#CCOc1cc(-n2nc3n(c2=O)CCCC3)c(Cl)cc1Cl.C=CCN(CC=C)C(=O)C(Cl)Cl.CCc1cccc(CC)c1N(COC)C(=O)CCl.O=C(O)CNCP(=O)(O)O. The standard InChI is InChI=1S/C15H13Cl2N3O2.C14H20ClNO2.C8H11Cl2NO.C3H8NO5P/c1-2-7-22-13-9-12(10(16)8-11(13)17)20-15(21)19-6-4-3-5-14(19)18-20;1-4-11-7-6-8-12(5-2)14(11)16(10-18-3)13(17)9-15;1-3-5-11(6-4-2)8(12)7(9)10;5-3(6)1-4-2-10(7,8)9/h1,8-9H,3-7H2;6-8H,4-5,9-10H2,1-3H3;3-4,7H,1-2,5-6H2;4H,1-2H2,(H,5,6)(H2,7,8,9). The fourth-order valence-corrected chi connectivity index (χ4v) is 6.85. The number of terminal acetylenes is 1. The van der Waals surface area contributed by atoms with Crippen LogP contribution in [0.2, 0.25) is 10.0 Å². The average molecular weight is 985 g/mol. The lowest BCUT2D eigenvalue weighted by Gasteiger charge is -2.26. The Kier molecular flexibility index (Phi) is 26.7. The maximum absolute atomic E-state index is 12.5. The van der Waals surface area contributed by atoms with Crippen LogP contribution in [0.4, 0.5) is 5.69 Å². The number of carboxylic acids is 1. The zero-order valence-electron chi connectivity index (χ0n) is 34.6. The van der Waals surface area contributed by atoms with Gasteiger partial charge in [-0.25, -0.2) is 4.79 Å². The van der Waals surface area contributed by atoms with Crippen molar-refractivity contribution in [1.82, 2.24) is 24.6 Å². The first-order valence-corrected chi connectivity index (χ1v) is 22.8. The molecule has 0 aliphatic carbocycles. The van der Waals surface area contributed by atoms with Gasteiger partial charge < -0.3 is 29.3 Å². The predicted molar refractivity (Wildman–Crippen MR) is 245 cm³/mol. The van der Waals surface area contributed by atoms with Crippen molar-refractivity contribution >= 4 is 89.1 Å². The van der Waals surface area contributed by atoms with Crippen molar-refractivity contribution in [3.63, 3.8) is 0 Å². The number of benzene rings is 2. The number of alkyl halides is 3. The molecule has 342 valence electrons. The summed E-state index contributed by atoms with van der Waals surface area (Å²) in [5, 5.41) is 15.1. The first kappa shape index (κ1) is 56.2. The van der Waals surface area contributed by atoms with Gasteiger partial charge in [-0.2, -0.15) is 4.68 Å². The summed E-state index contributed by atoms with van der Waals surface area (Å²) in [7, 11) is -2.52. The van der Waals surface area contributed by atoms with Crippen LogP contribution in [-0.4, -0.2) is 109 Å². The molecular formula is C40H52Cl5N6O10P. The molecule has 0 saturated heterocycles. The zero-order valence-corrected chi connectivity index (χ0v) is 39.2. The van der Waals surface area contributed by atoms with Crippen molar-refractivity contribution in [3.8, 4) is 23.8 Å². The summed E-state index contributed by atoms with van der Waals surface area (Å²) in [6.45, 7) is 12.6. The first-order chi connectivity index (χ1) is 29.3. The van der Waals surface area contributed by atoms with E-state index in [2.05, 4.69) is 43.3 Å². The summed E-state index contributed by atoms with van der Waals surface area (Å²) in [5.74, 6) is 1.88. The molecule has 2 aromatic carbocycles. The number of aryl methyl sites for hydroxylation is 3. The molecule has 0 radical (unpaired) electrons. The maximum Gasteiger partial charge on any atom is 0.350 e. The maximum atomic E-state index is 12.5. The number of halogens is 5. The number of aromatic nitrogens is 3. The molecule has 4 N–H and O–H groups in total. The van der Waals surface area contributed by atoms with Crippen LogP contribution >= 0.6 is 65.6 Å². The van der Waals surface area contributed by atoms with Crippen LogP contribution in [-0.2, 0) is 49.5 Å². The van der Waals surface area contributed by atoms with E-state index in [0.29, 0.717) is 41.1 Å². The molecular weight excluding hydrogens is 933 g/mol. The van der Waals surface area contributed by atoms with E-state index >= 15 is 0 Å². The zero-order chi connectivity index (χ0) is 47.0. The molecule has 0 atom stereocenters. The van der Waals surface area contributed by atoms with Crippen LogP contribution in [0.25, 0.3) is 5.69 Å². The number of nitrogens with zero attached hydrogens (tertiary/aromatic N) is 5. The molecule has 3 aromatic rings. The molecule has 0 spiro atoms. The molecule has 62 heavy (non-hydrogen) atoms. The number of amides is 2. The van der Waals surface area contributed by atoms with Crippen LogP contribution in [0.3, 0.4) is 0 Å². The average Bonchev–Trinajstić information content (AvgIpc) is 3.57. The second kappa shape index (κ2) is 29.5. The van der Waals surface area contributed by atoms with Crippen molar-refractivity contribution in [2.24, 2.45) is 0 Å². The minimum absolute atomic E-state index is 0.0371. The van der Waals surface area contributed by atoms with Crippen LogP contribution in [0.5, 0.6) is 5.75 Å². The van der Waals surface area contributed by atoms with E-state index in [0.717, 1.165) is 54.7 Å². The second-order valence-corrected chi connectivity index (χ2v) is 16.5. The van der Waals surface area contributed by atoms with E-state index in [-0.39, 0.29) is 36.7 Å². The van der Waals surface area contributed by atoms with Gasteiger partial charge in [0.15, 0.2) is 4.84 Å². The number of carbonyl (C=O) groups is 3. The Labute approximate surface area is 386 Å². The summed E-state index contributed by atoms with van der Waals surface area (Å²) in [5.41, 5.74) is 3.47. The number of carbonyl (C=O) groups excluding carboxylic acids is 2. The van der Waals surface area contributed by atoms with Gasteiger partial charge in [-0.05, 0) is 42.9 Å². The minimum atomic E-state index is -4.10. The number of hydrogen-bond donors (Lipinski definition) is 4. The van der Waals surface area contributed by atoms with E-state index in [1.807, 2.05) is 18.2 Å². The molecule has 16 nitrogen and oxygen atoms in total. The highest BCUT2D eigenvalue weighted by atomic mass is 35.5. The minimum Gasteiger partial charge on any atom is -0.480 e. The van der Waals surface area contributed by atoms with Gasteiger partial charge in [-0.3, -0.25) is 33.7 Å². The van der Waals surface area contributed by atoms with Crippen molar-refractivity contribution in [2.75, 3.05) is 57.1 Å². The Morgan fingerprint density at radius 2 is 1.69 bits per heavy atom. The second-order valence-electron chi connectivity index (χ2n) is 12.7. The number of fused-ring (bicyclic) bond motifs is 1. The van der Waals surface area contributed by atoms with Gasteiger partial charge in [0.2, 0.25) is 5.91 Å². The first-order valence-electron chi connectivity index (χ1n) is 18.8. The summed E-state index contributed by atoms with van der Waals surface area (Å²) in [6, 6.07) is 9.21. The van der Waals surface area contributed by atoms with Crippen LogP contribution < -0.4 is 20.6 Å². The molecule has 2 amide bonds. The van der Waals surface area contributed by atoms with Crippen molar-refractivity contribution in [1.29, 1.82) is 0 Å². The predicted octanol–water partition coefficient (Wildman–Crippen LogP) is 6.46. The molecule has 4 rings (SSSR count). The molecule has 1 aromatic heterocycles. The van der Waals surface area contributed by atoms with Crippen molar-refractivity contribution in [2.45, 2.75) is 57.3 Å². The molecule has 0 unspecified atom stereocenters. The Balaban J connectivity index is 0.000000435. The summed E-state index contributed by atoms with van der Waals surface area (Å²) in [4.78, 5) is 63.8. The third kappa shape index (κ3) is 18.9. The molecule has 0 saturated carbocycles. The summed E-state index contributed by atoms with van der Waals surface area (Å²) < 4.78 is 23.5. The lowest BCUT2D eigenvalue weighted by Crippen LogP contribution is -2.35. The number of ether oxygens (including phenoxy) is 2. The largest absolute Gasteiger partial charge is 0.480 e.